The van der Waals surface area contributed by atoms with Crippen LogP contribution in [0.2, 0.25) is 0 Å². The van der Waals surface area contributed by atoms with Crippen LogP contribution in [0.25, 0.3) is 128 Å². The van der Waals surface area contributed by atoms with E-state index in [2.05, 4.69) is 211 Å². The van der Waals surface area contributed by atoms with Gasteiger partial charge in [0.25, 0.3) is 0 Å². The molecule has 0 N–H and O–H groups in total. The minimum atomic E-state index is 0.612. The first-order valence-electron chi connectivity index (χ1n) is 21.4. The summed E-state index contributed by atoms with van der Waals surface area (Å²) in [5, 5.41) is 7.52. The summed E-state index contributed by atoms with van der Waals surface area (Å²) in [6.07, 6.45) is 0. The van der Waals surface area contributed by atoms with E-state index in [1.165, 1.54) is 60.1 Å². The topological polar surface area (TPSA) is 43.6 Å². The maximum Gasteiger partial charge on any atom is 0.164 e. The minimum Gasteiger partial charge on any atom is -0.309 e. The van der Waals surface area contributed by atoms with Crippen molar-refractivity contribution in [2.24, 2.45) is 0 Å². The lowest BCUT2D eigenvalue weighted by Gasteiger charge is -2.13. The molecule has 0 aliphatic heterocycles. The molecule has 4 heteroatoms. The lowest BCUT2D eigenvalue weighted by molar-refractivity contribution is 1.07. The van der Waals surface area contributed by atoms with E-state index in [0.717, 1.165) is 50.1 Å². The average Bonchev–Trinajstić information content (AvgIpc) is 3.86. The van der Waals surface area contributed by atoms with Crippen LogP contribution < -0.4 is 0 Å². The molecule has 0 spiro atoms. The first-order chi connectivity index (χ1) is 31.2. The second-order valence-corrected chi connectivity index (χ2v) is 16.4. The van der Waals surface area contributed by atoms with E-state index in [-0.39, 0.29) is 0 Å². The standard InChI is InChI=1S/C59H36N4/c1-3-15-37(16-4-1)39-21-11-23-43(31-39)57-60-58(44-24-12-22-40(32-44)38-17-5-2-6-18-38)62-59(61-57)45-25-13-26-46(33-45)63-53-35-42-20-8-7-19-41(42)34-52(53)56-50-30-14-29-49-47-27-9-10-28-48(47)51(55(49)50)36-54(56)63/h1-36H. The number of nitrogens with zero attached hydrogens (tertiary/aromatic N) is 4. The summed E-state index contributed by atoms with van der Waals surface area (Å²) >= 11 is 0. The first-order valence-corrected chi connectivity index (χ1v) is 21.4. The summed E-state index contributed by atoms with van der Waals surface area (Å²) in [4.78, 5) is 15.7. The molecule has 0 unspecified atom stereocenters. The summed E-state index contributed by atoms with van der Waals surface area (Å²) in [5.41, 5.74) is 15.8. The highest BCUT2D eigenvalue weighted by Gasteiger charge is 2.26. The fourth-order valence-electron chi connectivity index (χ4n) is 9.82. The fraction of sp³-hybridized carbons (Fsp3) is 0. The number of aromatic nitrogens is 4. The van der Waals surface area contributed by atoms with E-state index in [4.69, 9.17) is 15.0 Å². The Hall–Kier alpha value is -8.47. The summed E-state index contributed by atoms with van der Waals surface area (Å²) < 4.78 is 2.44. The Morgan fingerprint density at radius 2 is 0.746 bits per heavy atom. The van der Waals surface area contributed by atoms with E-state index >= 15 is 0 Å². The highest BCUT2D eigenvalue weighted by molar-refractivity contribution is 6.30. The molecule has 4 nitrogen and oxygen atoms in total. The van der Waals surface area contributed by atoms with E-state index < -0.39 is 0 Å². The van der Waals surface area contributed by atoms with Crippen LogP contribution in [0.5, 0.6) is 0 Å². The Morgan fingerprint density at radius 3 is 1.38 bits per heavy atom. The van der Waals surface area contributed by atoms with Gasteiger partial charge in [0.05, 0.1) is 11.0 Å². The maximum atomic E-state index is 5.27. The second kappa shape index (κ2) is 14.1. The van der Waals surface area contributed by atoms with Gasteiger partial charge in [0, 0.05) is 33.2 Å². The zero-order chi connectivity index (χ0) is 41.4. The van der Waals surface area contributed by atoms with Crippen molar-refractivity contribution >= 4 is 43.4 Å². The number of benzene rings is 10. The predicted octanol–water partition coefficient (Wildman–Crippen LogP) is 15.3. The third-order valence-corrected chi connectivity index (χ3v) is 12.7. The Morgan fingerprint density at radius 1 is 0.270 bits per heavy atom. The number of hydrogen-bond donors (Lipinski definition) is 0. The van der Waals surface area contributed by atoms with Crippen molar-refractivity contribution in [3.8, 4) is 84.4 Å². The number of rotatable bonds is 6. The van der Waals surface area contributed by atoms with Crippen LogP contribution in [-0.2, 0) is 0 Å². The van der Waals surface area contributed by atoms with Gasteiger partial charge in [-0.3, -0.25) is 0 Å². The summed E-state index contributed by atoms with van der Waals surface area (Å²) in [5.74, 6) is 1.85. The summed E-state index contributed by atoms with van der Waals surface area (Å²) in [7, 11) is 0. The molecular weight excluding hydrogens is 765 g/mol. The smallest absolute Gasteiger partial charge is 0.164 e. The van der Waals surface area contributed by atoms with Crippen molar-refractivity contribution in [2.45, 2.75) is 0 Å². The molecule has 2 aromatic heterocycles. The molecule has 2 heterocycles. The zero-order valence-corrected chi connectivity index (χ0v) is 34.1. The molecule has 1 aliphatic rings. The van der Waals surface area contributed by atoms with E-state index in [1.54, 1.807) is 0 Å². The van der Waals surface area contributed by atoms with Crippen molar-refractivity contribution < 1.29 is 0 Å². The van der Waals surface area contributed by atoms with Crippen molar-refractivity contribution in [1.29, 1.82) is 0 Å². The highest BCUT2D eigenvalue weighted by Crippen LogP contribution is 2.51. The Kier molecular flexibility index (Phi) is 7.87. The molecular formula is C59H36N4. The fourth-order valence-corrected chi connectivity index (χ4v) is 9.82. The third kappa shape index (κ3) is 5.73. The second-order valence-electron chi connectivity index (χ2n) is 16.4. The Labute approximate surface area is 364 Å². The summed E-state index contributed by atoms with van der Waals surface area (Å²) in [6.45, 7) is 0. The quantitative estimate of drug-likeness (QED) is 0.168. The van der Waals surface area contributed by atoms with E-state index in [1.807, 2.05) is 12.1 Å². The largest absolute Gasteiger partial charge is 0.309 e. The van der Waals surface area contributed by atoms with Crippen LogP contribution in [-0.4, -0.2) is 19.5 Å². The van der Waals surface area contributed by atoms with Gasteiger partial charge in [-0.05, 0) is 109 Å². The van der Waals surface area contributed by atoms with Crippen molar-refractivity contribution in [3.05, 3.63) is 218 Å². The normalized spacial score (nSPS) is 11.8. The lowest BCUT2D eigenvalue weighted by Crippen LogP contribution is -2.01. The van der Waals surface area contributed by atoms with Gasteiger partial charge in [-0.25, -0.2) is 15.0 Å². The van der Waals surface area contributed by atoms with Crippen LogP contribution in [0.1, 0.15) is 0 Å². The predicted molar refractivity (Wildman–Crippen MR) is 261 cm³/mol. The van der Waals surface area contributed by atoms with Crippen molar-refractivity contribution in [1.82, 2.24) is 19.5 Å². The molecule has 0 bridgehead atoms. The molecule has 0 saturated heterocycles. The van der Waals surface area contributed by atoms with Crippen LogP contribution in [0.15, 0.2) is 218 Å². The van der Waals surface area contributed by atoms with Gasteiger partial charge in [-0.2, -0.15) is 0 Å². The lowest BCUT2D eigenvalue weighted by atomic mass is 9.97. The Balaban J connectivity index is 1.04. The van der Waals surface area contributed by atoms with Crippen LogP contribution in [0, 0.1) is 0 Å². The summed E-state index contributed by atoms with van der Waals surface area (Å²) in [6, 6.07) is 78.0. The van der Waals surface area contributed by atoms with E-state index in [0.29, 0.717) is 17.5 Å². The molecule has 0 radical (unpaired) electrons. The zero-order valence-electron chi connectivity index (χ0n) is 34.1. The van der Waals surface area contributed by atoms with Gasteiger partial charge in [0.1, 0.15) is 0 Å². The van der Waals surface area contributed by atoms with E-state index in [9.17, 15) is 0 Å². The molecule has 13 rings (SSSR count). The molecule has 12 aromatic rings. The SMILES string of the molecule is c1ccc(-c2cccc(-c3nc(-c4cccc(-c5ccccc5)c4)nc(-c4cccc(-n5c6cc7ccccc7cc6c6c7cccc8c7c(cc65)-c5ccccc5-8)c4)n3)c2)cc1. The van der Waals surface area contributed by atoms with Gasteiger partial charge in [-0.1, -0.05) is 176 Å². The monoisotopic (exact) mass is 800 g/mol. The first kappa shape index (κ1) is 35.3. The molecule has 63 heavy (non-hydrogen) atoms. The van der Waals surface area contributed by atoms with Gasteiger partial charge in [-0.15, -0.1) is 0 Å². The van der Waals surface area contributed by atoms with Gasteiger partial charge in [0.15, 0.2) is 17.5 Å². The Bertz CT molecular complexity index is 3690. The molecule has 0 atom stereocenters. The molecule has 0 fully saturated rings. The number of hydrogen-bond acceptors (Lipinski definition) is 3. The number of fused-ring (bicyclic) bond motifs is 8. The molecule has 292 valence electrons. The van der Waals surface area contributed by atoms with Crippen molar-refractivity contribution in [3.63, 3.8) is 0 Å². The third-order valence-electron chi connectivity index (χ3n) is 12.7. The van der Waals surface area contributed by atoms with Crippen LogP contribution in [0.4, 0.5) is 0 Å². The van der Waals surface area contributed by atoms with Gasteiger partial charge < -0.3 is 4.57 Å². The molecule has 0 saturated carbocycles. The maximum absolute atomic E-state index is 5.27. The van der Waals surface area contributed by atoms with Crippen molar-refractivity contribution in [2.75, 3.05) is 0 Å². The van der Waals surface area contributed by atoms with Crippen LogP contribution >= 0.6 is 0 Å². The van der Waals surface area contributed by atoms with Gasteiger partial charge in [0.2, 0.25) is 0 Å². The van der Waals surface area contributed by atoms with Crippen LogP contribution in [0.3, 0.4) is 0 Å². The molecule has 0 amide bonds. The average molecular weight is 801 g/mol. The van der Waals surface area contributed by atoms with Gasteiger partial charge >= 0.3 is 0 Å². The highest BCUT2D eigenvalue weighted by atomic mass is 15.0. The molecule has 10 aromatic carbocycles. The molecule has 1 aliphatic carbocycles. The minimum absolute atomic E-state index is 0.612.